The van der Waals surface area contributed by atoms with E-state index in [1.165, 1.54) is 7.11 Å². The molecule has 0 atom stereocenters. The maximum Gasteiger partial charge on any atom is 0.337 e. The lowest BCUT2D eigenvalue weighted by atomic mass is 10.1. The number of nitrogens with zero attached hydrogens (tertiary/aromatic N) is 3. The monoisotopic (exact) mass is 463 g/mol. The van der Waals surface area contributed by atoms with Crippen LogP contribution in [0.15, 0.2) is 53.3 Å². The quantitative estimate of drug-likeness (QED) is 0.543. The molecule has 0 unspecified atom stereocenters. The number of rotatable bonds is 6. The van der Waals surface area contributed by atoms with Crippen LogP contribution in [0.2, 0.25) is 0 Å². The normalized spacial score (nSPS) is 14.1. The number of carbonyl (C=O) groups excluding carboxylic acids is 2. The molecule has 2 amide bonds. The first-order chi connectivity index (χ1) is 16.5. The molecule has 2 N–H and O–H groups in total. The van der Waals surface area contributed by atoms with Gasteiger partial charge in [0.15, 0.2) is 5.82 Å². The van der Waals surface area contributed by atoms with Crippen molar-refractivity contribution in [1.29, 1.82) is 0 Å². The molecule has 1 aliphatic heterocycles. The SMILES string of the molecule is CCCn1c(=O)c(N2CCC(NC(=O)Nc3cccc(C(=O)OC)c3)CC2)nc2ccccc21. The highest BCUT2D eigenvalue weighted by Crippen LogP contribution is 2.19. The average Bonchev–Trinajstić information content (AvgIpc) is 2.86. The number of para-hydroxylation sites is 2. The number of hydrogen-bond acceptors (Lipinski definition) is 6. The third-order valence-electron chi connectivity index (χ3n) is 5.95. The van der Waals surface area contributed by atoms with Gasteiger partial charge < -0.3 is 24.8 Å². The Labute approximate surface area is 197 Å². The molecular formula is C25H29N5O4. The summed E-state index contributed by atoms with van der Waals surface area (Å²) >= 11 is 0. The first kappa shape index (κ1) is 23.3. The number of fused-ring (bicyclic) bond motifs is 1. The fraction of sp³-hybridized carbons (Fsp3) is 0.360. The topological polar surface area (TPSA) is 106 Å². The first-order valence-corrected chi connectivity index (χ1v) is 11.5. The second-order valence-electron chi connectivity index (χ2n) is 8.31. The summed E-state index contributed by atoms with van der Waals surface area (Å²) in [6.45, 7) is 3.93. The Morgan fingerprint density at radius 1 is 1.12 bits per heavy atom. The van der Waals surface area contributed by atoms with E-state index in [-0.39, 0.29) is 17.6 Å². The van der Waals surface area contributed by atoms with Crippen LogP contribution in [0.5, 0.6) is 0 Å². The summed E-state index contributed by atoms with van der Waals surface area (Å²) in [4.78, 5) is 44.0. The second-order valence-corrected chi connectivity index (χ2v) is 8.31. The van der Waals surface area contributed by atoms with Gasteiger partial charge in [-0.05, 0) is 49.6 Å². The van der Waals surface area contributed by atoms with Gasteiger partial charge in [-0.3, -0.25) is 4.79 Å². The third-order valence-corrected chi connectivity index (χ3v) is 5.95. The van der Waals surface area contributed by atoms with Crippen molar-refractivity contribution in [1.82, 2.24) is 14.9 Å². The van der Waals surface area contributed by atoms with Crippen molar-refractivity contribution in [2.75, 3.05) is 30.4 Å². The lowest BCUT2D eigenvalue weighted by Gasteiger charge is -2.33. The predicted molar refractivity (Wildman–Crippen MR) is 131 cm³/mol. The van der Waals surface area contributed by atoms with Crippen LogP contribution in [0.3, 0.4) is 0 Å². The second kappa shape index (κ2) is 10.4. The molecule has 0 radical (unpaired) electrons. The molecule has 4 rings (SSSR count). The molecule has 0 saturated carbocycles. The molecule has 2 heterocycles. The average molecular weight is 464 g/mol. The van der Waals surface area contributed by atoms with Gasteiger partial charge in [0.05, 0.1) is 23.7 Å². The molecule has 1 saturated heterocycles. The summed E-state index contributed by atoms with van der Waals surface area (Å²) in [7, 11) is 1.31. The van der Waals surface area contributed by atoms with Gasteiger partial charge in [0, 0.05) is 31.4 Å². The van der Waals surface area contributed by atoms with Crippen molar-refractivity contribution < 1.29 is 14.3 Å². The third kappa shape index (κ3) is 5.03. The maximum absolute atomic E-state index is 13.2. The summed E-state index contributed by atoms with van der Waals surface area (Å²) in [5.41, 5.74) is 2.46. The minimum atomic E-state index is -0.461. The molecule has 3 aromatic rings. The van der Waals surface area contributed by atoms with Crippen molar-refractivity contribution in [2.24, 2.45) is 0 Å². The number of ether oxygens (including phenoxy) is 1. The number of nitrogens with one attached hydrogen (secondary N) is 2. The zero-order valence-corrected chi connectivity index (χ0v) is 19.4. The van der Waals surface area contributed by atoms with Crippen molar-refractivity contribution in [3.63, 3.8) is 0 Å². The van der Waals surface area contributed by atoms with Crippen LogP contribution in [-0.4, -0.2) is 47.8 Å². The number of piperidine rings is 1. The number of aryl methyl sites for hydroxylation is 1. The summed E-state index contributed by atoms with van der Waals surface area (Å²) in [5.74, 6) is 0.00593. The van der Waals surface area contributed by atoms with E-state index in [0.29, 0.717) is 49.5 Å². The smallest absolute Gasteiger partial charge is 0.337 e. The molecule has 34 heavy (non-hydrogen) atoms. The van der Waals surface area contributed by atoms with Gasteiger partial charge in [-0.2, -0.15) is 0 Å². The standard InChI is InChI=1S/C25H29N5O4/c1-3-13-30-21-10-5-4-9-20(21)28-22(23(30)31)29-14-11-18(12-15-29)26-25(33)27-19-8-6-7-17(16-19)24(32)34-2/h4-10,16,18H,3,11-15H2,1-2H3,(H2,26,27,33). The van der Waals surface area contributed by atoms with Crippen molar-refractivity contribution in [2.45, 2.75) is 38.8 Å². The molecule has 0 aliphatic carbocycles. The number of methoxy groups -OCH3 is 1. The van der Waals surface area contributed by atoms with Crippen LogP contribution in [0.4, 0.5) is 16.3 Å². The van der Waals surface area contributed by atoms with Crippen molar-refractivity contribution in [3.05, 3.63) is 64.4 Å². The van der Waals surface area contributed by atoms with E-state index in [4.69, 9.17) is 4.74 Å². The fourth-order valence-electron chi connectivity index (χ4n) is 4.26. The van der Waals surface area contributed by atoms with E-state index < -0.39 is 5.97 Å². The summed E-state index contributed by atoms with van der Waals surface area (Å²) < 4.78 is 6.52. The molecule has 1 aromatic heterocycles. The van der Waals surface area contributed by atoms with E-state index in [2.05, 4.69) is 22.5 Å². The van der Waals surface area contributed by atoms with Gasteiger partial charge in [0.25, 0.3) is 5.56 Å². The Balaban J connectivity index is 1.40. The highest BCUT2D eigenvalue weighted by molar-refractivity contribution is 5.94. The van der Waals surface area contributed by atoms with Gasteiger partial charge in [-0.15, -0.1) is 0 Å². The number of aromatic nitrogens is 2. The van der Waals surface area contributed by atoms with Crippen molar-refractivity contribution >= 4 is 34.5 Å². The van der Waals surface area contributed by atoms with Gasteiger partial charge in [-0.25, -0.2) is 14.6 Å². The Hall–Kier alpha value is -3.88. The first-order valence-electron chi connectivity index (χ1n) is 11.5. The Kier molecular flexibility index (Phi) is 7.10. The molecule has 9 heteroatoms. The van der Waals surface area contributed by atoms with Crippen LogP contribution in [0.1, 0.15) is 36.5 Å². The molecule has 1 fully saturated rings. The number of urea groups is 1. The fourth-order valence-corrected chi connectivity index (χ4v) is 4.26. The van der Waals surface area contributed by atoms with Gasteiger partial charge in [0.2, 0.25) is 0 Å². The van der Waals surface area contributed by atoms with Gasteiger partial charge in [0.1, 0.15) is 0 Å². The lowest BCUT2D eigenvalue weighted by molar-refractivity contribution is 0.0600. The summed E-state index contributed by atoms with van der Waals surface area (Å²) in [6.07, 6.45) is 2.24. The molecule has 9 nitrogen and oxygen atoms in total. The van der Waals surface area contributed by atoms with Crippen LogP contribution in [0.25, 0.3) is 11.0 Å². The van der Waals surface area contributed by atoms with E-state index >= 15 is 0 Å². The Bertz CT molecular complexity index is 1250. The highest BCUT2D eigenvalue weighted by Gasteiger charge is 2.24. The van der Waals surface area contributed by atoms with Gasteiger partial charge >= 0.3 is 12.0 Å². The largest absolute Gasteiger partial charge is 0.465 e. The lowest BCUT2D eigenvalue weighted by Crippen LogP contribution is -2.47. The summed E-state index contributed by atoms with van der Waals surface area (Å²) in [5, 5.41) is 5.75. The molecule has 178 valence electrons. The van der Waals surface area contributed by atoms with Crippen LogP contribution < -0.4 is 21.1 Å². The molecular weight excluding hydrogens is 434 g/mol. The van der Waals surface area contributed by atoms with E-state index in [1.807, 2.05) is 29.2 Å². The maximum atomic E-state index is 13.2. The zero-order valence-electron chi connectivity index (χ0n) is 19.4. The molecule has 2 aromatic carbocycles. The summed E-state index contributed by atoms with van der Waals surface area (Å²) in [6, 6.07) is 13.9. The number of carbonyl (C=O) groups is 2. The van der Waals surface area contributed by atoms with E-state index in [0.717, 1.165) is 17.5 Å². The minimum absolute atomic E-state index is 0.0293. The number of hydrogen-bond donors (Lipinski definition) is 2. The molecule has 1 aliphatic rings. The number of anilines is 2. The minimum Gasteiger partial charge on any atom is -0.465 e. The Morgan fingerprint density at radius 3 is 2.62 bits per heavy atom. The van der Waals surface area contributed by atoms with Crippen LogP contribution in [0, 0.1) is 0 Å². The van der Waals surface area contributed by atoms with E-state index in [9.17, 15) is 14.4 Å². The number of esters is 1. The number of benzene rings is 2. The Morgan fingerprint density at radius 2 is 1.88 bits per heavy atom. The molecule has 0 bridgehead atoms. The van der Waals surface area contributed by atoms with Crippen LogP contribution in [-0.2, 0) is 11.3 Å². The van der Waals surface area contributed by atoms with Crippen LogP contribution >= 0.6 is 0 Å². The molecule has 0 spiro atoms. The van der Waals surface area contributed by atoms with Gasteiger partial charge in [-0.1, -0.05) is 25.1 Å². The highest BCUT2D eigenvalue weighted by atomic mass is 16.5. The predicted octanol–water partition coefficient (Wildman–Crippen LogP) is 3.38. The van der Waals surface area contributed by atoms with Crippen molar-refractivity contribution in [3.8, 4) is 0 Å². The number of amides is 2. The van der Waals surface area contributed by atoms with E-state index in [1.54, 1.807) is 28.8 Å². The zero-order chi connectivity index (χ0) is 24.1.